The Labute approximate surface area is 80.6 Å². The van der Waals surface area contributed by atoms with Gasteiger partial charge < -0.3 is 14.5 Å². The number of carbonyl (C=O) groups excluding carboxylic acids is 1. The van der Waals surface area contributed by atoms with E-state index in [9.17, 15) is 9.69 Å². The topological polar surface area (TPSA) is 57.5 Å². The molecule has 0 spiro atoms. The number of quaternary nitrogens is 1. The highest BCUT2D eigenvalue weighted by Crippen LogP contribution is 2.32. The molecule has 0 aromatic carbocycles. The number of hydrogen-bond acceptors (Lipinski definition) is 3. The second-order valence-electron chi connectivity index (χ2n) is 4.27. The molecule has 0 amide bonds. The van der Waals surface area contributed by atoms with Crippen molar-refractivity contribution >= 4 is 13.7 Å². The lowest BCUT2D eigenvalue weighted by Crippen LogP contribution is -2.39. The van der Waals surface area contributed by atoms with Crippen LogP contribution in [0.15, 0.2) is 0 Å². The maximum atomic E-state index is 11.3. The number of rotatable bonds is 5. The van der Waals surface area contributed by atoms with Gasteiger partial charge in [-0.05, 0) is 6.92 Å². The minimum absolute atomic E-state index is 0.150. The zero-order valence-electron chi connectivity index (χ0n) is 8.69. The van der Waals surface area contributed by atoms with Crippen molar-refractivity contribution in [3.8, 4) is 0 Å². The molecule has 0 aromatic heterocycles. The molecular formula is C8H19NO3P+. The zero-order valence-corrected chi connectivity index (χ0v) is 9.58. The van der Waals surface area contributed by atoms with Gasteiger partial charge >= 0.3 is 0 Å². The first-order valence-corrected chi connectivity index (χ1v) is 5.68. The highest BCUT2D eigenvalue weighted by atomic mass is 31.1. The van der Waals surface area contributed by atoms with E-state index in [0.717, 1.165) is 0 Å². The first-order chi connectivity index (χ1) is 5.72. The van der Waals surface area contributed by atoms with Crippen molar-refractivity contribution in [1.82, 2.24) is 0 Å². The molecule has 0 radical (unpaired) electrons. The zero-order chi connectivity index (χ0) is 10.6. The maximum absolute atomic E-state index is 11.3. The molecule has 5 heteroatoms. The van der Waals surface area contributed by atoms with E-state index in [1.807, 2.05) is 21.1 Å². The van der Waals surface area contributed by atoms with Gasteiger partial charge in [-0.15, -0.1) is 0 Å². The minimum atomic E-state index is -1.65. The third-order valence-electron chi connectivity index (χ3n) is 1.33. The molecular weight excluding hydrogens is 189 g/mol. The molecule has 0 aliphatic carbocycles. The fourth-order valence-corrected chi connectivity index (χ4v) is 2.13. The molecule has 13 heavy (non-hydrogen) atoms. The van der Waals surface area contributed by atoms with Crippen molar-refractivity contribution < 1.29 is 19.3 Å². The molecule has 0 rings (SSSR count). The highest BCUT2D eigenvalue weighted by Gasteiger charge is 2.23. The van der Waals surface area contributed by atoms with Crippen LogP contribution in [-0.2, 0) is 4.79 Å². The Balaban J connectivity index is 3.97. The van der Waals surface area contributed by atoms with Gasteiger partial charge in [0.25, 0.3) is 0 Å². The lowest BCUT2D eigenvalue weighted by atomic mass is 10.5. The van der Waals surface area contributed by atoms with Crippen molar-refractivity contribution in [1.29, 1.82) is 0 Å². The number of aliphatic hydroxyl groups is 1. The summed E-state index contributed by atoms with van der Waals surface area (Å²) in [7, 11) is 4.03. The molecule has 0 heterocycles. The minimum Gasteiger partial charge on any atom is -0.393 e. The quantitative estimate of drug-likeness (QED) is 0.493. The van der Waals surface area contributed by atoms with Crippen molar-refractivity contribution in [2.45, 2.75) is 13.0 Å². The second kappa shape index (κ2) is 5.01. The Morgan fingerprint density at radius 3 is 2.23 bits per heavy atom. The summed E-state index contributed by atoms with van der Waals surface area (Å²) >= 11 is 0. The smallest absolute Gasteiger partial charge is 0.235 e. The summed E-state index contributed by atoms with van der Waals surface area (Å²) in [5.74, 6) is 0. The van der Waals surface area contributed by atoms with Gasteiger partial charge in [0.15, 0.2) is 0 Å². The Morgan fingerprint density at radius 1 is 1.46 bits per heavy atom. The largest absolute Gasteiger partial charge is 0.393 e. The first kappa shape index (κ1) is 13.0. The molecule has 0 aromatic rings. The summed E-state index contributed by atoms with van der Waals surface area (Å²) in [5, 5.41) is 8.97. The molecule has 0 aliphatic rings. The normalized spacial score (nSPS) is 16.8. The predicted molar refractivity (Wildman–Crippen MR) is 53.6 cm³/mol. The lowest BCUT2D eigenvalue weighted by Gasteiger charge is -2.24. The van der Waals surface area contributed by atoms with Crippen LogP contribution < -0.4 is 0 Å². The monoisotopic (exact) mass is 208 g/mol. The summed E-state index contributed by atoms with van der Waals surface area (Å²) in [4.78, 5) is 20.7. The van der Waals surface area contributed by atoms with Crippen molar-refractivity contribution in [2.75, 3.05) is 33.8 Å². The van der Waals surface area contributed by atoms with E-state index in [2.05, 4.69) is 0 Å². The Hall–Kier alpha value is -0.0200. The molecule has 0 aliphatic heterocycles. The molecule has 4 nitrogen and oxygen atoms in total. The van der Waals surface area contributed by atoms with Crippen LogP contribution in [0.4, 0.5) is 0 Å². The lowest BCUT2D eigenvalue weighted by molar-refractivity contribution is -0.861. The van der Waals surface area contributed by atoms with E-state index in [0.29, 0.717) is 11.0 Å². The summed E-state index contributed by atoms with van der Waals surface area (Å²) < 4.78 is 0.512. The van der Waals surface area contributed by atoms with Crippen LogP contribution in [0.1, 0.15) is 6.92 Å². The fraction of sp³-hybridized carbons (Fsp3) is 0.875. The molecule has 0 bridgehead atoms. The first-order valence-electron chi connectivity index (χ1n) is 4.20. The van der Waals surface area contributed by atoms with E-state index >= 15 is 0 Å². The van der Waals surface area contributed by atoms with E-state index in [1.165, 1.54) is 0 Å². The van der Waals surface area contributed by atoms with Crippen LogP contribution >= 0.6 is 8.15 Å². The maximum Gasteiger partial charge on any atom is 0.235 e. The predicted octanol–water partition coefficient (Wildman–Crippen LogP) is -0.0108. The molecule has 0 fully saturated rings. The van der Waals surface area contributed by atoms with Gasteiger partial charge in [0.1, 0.15) is 14.7 Å². The van der Waals surface area contributed by atoms with E-state index < -0.39 is 14.3 Å². The fourth-order valence-electron chi connectivity index (χ4n) is 0.839. The average Bonchev–Trinajstić information content (AvgIpc) is 1.81. The van der Waals surface area contributed by atoms with Crippen LogP contribution in [-0.4, -0.2) is 60.0 Å². The van der Waals surface area contributed by atoms with E-state index in [1.54, 1.807) is 6.92 Å². The Bertz CT molecular complexity index is 177. The number of carbonyl (C=O) groups is 1. The molecule has 2 atom stereocenters. The Morgan fingerprint density at radius 2 is 1.92 bits per heavy atom. The molecule has 78 valence electrons. The van der Waals surface area contributed by atoms with Crippen LogP contribution in [0, 0.1) is 0 Å². The van der Waals surface area contributed by atoms with Gasteiger partial charge in [-0.25, -0.2) is 0 Å². The summed E-state index contributed by atoms with van der Waals surface area (Å²) in [6.45, 7) is 1.89. The molecule has 2 N–H and O–H groups in total. The van der Waals surface area contributed by atoms with Crippen LogP contribution in [0.3, 0.4) is 0 Å². The van der Waals surface area contributed by atoms with Gasteiger partial charge in [0.05, 0.1) is 27.2 Å². The average molecular weight is 208 g/mol. The van der Waals surface area contributed by atoms with E-state index in [-0.39, 0.29) is 11.7 Å². The Kier molecular flexibility index (Phi) is 5.00. The van der Waals surface area contributed by atoms with Gasteiger partial charge in [-0.3, -0.25) is 4.79 Å². The summed E-state index contributed by atoms with van der Waals surface area (Å²) in [6.07, 6.45) is -0.415. The third-order valence-corrected chi connectivity index (χ3v) is 2.93. The van der Waals surface area contributed by atoms with Gasteiger partial charge in [0.2, 0.25) is 5.52 Å². The third kappa shape index (κ3) is 7.08. The second-order valence-corrected chi connectivity index (χ2v) is 5.94. The number of likely N-dealkylation sites (N-methyl/N-ethyl adjacent to an activating group) is 1. The number of hydrogen-bond donors (Lipinski definition) is 2. The van der Waals surface area contributed by atoms with Crippen LogP contribution in [0.5, 0.6) is 0 Å². The van der Waals surface area contributed by atoms with Gasteiger partial charge in [-0.1, -0.05) is 0 Å². The number of aliphatic hydroxyl groups excluding tert-OH is 1. The number of nitrogens with zero attached hydrogens (tertiary/aromatic N) is 1. The molecule has 2 unspecified atom stereocenters. The van der Waals surface area contributed by atoms with E-state index in [4.69, 9.17) is 5.11 Å². The van der Waals surface area contributed by atoms with Crippen LogP contribution in [0.25, 0.3) is 0 Å². The van der Waals surface area contributed by atoms with Gasteiger partial charge in [-0.2, -0.15) is 0 Å². The van der Waals surface area contributed by atoms with Crippen molar-refractivity contribution in [3.05, 3.63) is 0 Å². The molecule has 0 saturated heterocycles. The highest BCUT2D eigenvalue weighted by molar-refractivity contribution is 7.69. The SMILES string of the molecule is CC(O)CP(O)C(=O)C[N+](C)(C)C. The van der Waals surface area contributed by atoms with Crippen LogP contribution in [0.2, 0.25) is 0 Å². The standard InChI is InChI=1S/C8H19NO3P/c1-7(10)6-13(12)8(11)5-9(2,3)4/h7,10,12H,5-6H2,1-4H3/q+1. The molecule has 0 saturated carbocycles. The van der Waals surface area contributed by atoms with Crippen molar-refractivity contribution in [2.24, 2.45) is 0 Å². The van der Waals surface area contributed by atoms with Crippen molar-refractivity contribution in [3.63, 3.8) is 0 Å². The van der Waals surface area contributed by atoms with Gasteiger partial charge in [0, 0.05) is 6.16 Å². The summed E-state index contributed by atoms with van der Waals surface area (Å²) in [6, 6.07) is 0. The summed E-state index contributed by atoms with van der Waals surface area (Å²) in [5.41, 5.74) is -0.150.